The molecule has 0 aliphatic heterocycles. The van der Waals surface area contributed by atoms with Gasteiger partial charge in [-0.25, -0.2) is 4.79 Å². The van der Waals surface area contributed by atoms with Gasteiger partial charge in [0.15, 0.2) is 0 Å². The number of anilines is 1. The third-order valence-corrected chi connectivity index (χ3v) is 3.06. The lowest BCUT2D eigenvalue weighted by molar-refractivity contribution is -0.138. The molecular weight excluding hydrogens is 216 g/mol. The number of hydrogen-bond donors (Lipinski definition) is 2. The minimum Gasteiger partial charge on any atom is -0.480 e. The summed E-state index contributed by atoms with van der Waals surface area (Å²) in [5.41, 5.74) is 2.00. The molecule has 1 atom stereocenters. The van der Waals surface area contributed by atoms with Crippen LogP contribution in [0, 0.1) is 24.2 Å². The van der Waals surface area contributed by atoms with Gasteiger partial charge < -0.3 is 10.4 Å². The number of nitriles is 1. The molecule has 1 fully saturated rings. The van der Waals surface area contributed by atoms with Gasteiger partial charge >= 0.3 is 5.97 Å². The first-order valence-electron chi connectivity index (χ1n) is 5.62. The van der Waals surface area contributed by atoms with Crippen LogP contribution in [-0.2, 0) is 4.79 Å². The first kappa shape index (κ1) is 11.5. The molecule has 1 aromatic carbocycles. The van der Waals surface area contributed by atoms with E-state index in [0.717, 1.165) is 18.4 Å². The Morgan fingerprint density at radius 2 is 2.29 bits per heavy atom. The van der Waals surface area contributed by atoms with E-state index < -0.39 is 12.0 Å². The molecule has 1 aliphatic rings. The fourth-order valence-electron chi connectivity index (χ4n) is 1.91. The van der Waals surface area contributed by atoms with E-state index in [4.69, 9.17) is 10.4 Å². The summed E-state index contributed by atoms with van der Waals surface area (Å²) in [6.07, 6.45) is 1.88. The Morgan fingerprint density at radius 1 is 1.59 bits per heavy atom. The molecular formula is C13H14N2O2. The molecule has 2 N–H and O–H groups in total. The molecule has 1 unspecified atom stereocenters. The Morgan fingerprint density at radius 3 is 2.82 bits per heavy atom. The van der Waals surface area contributed by atoms with Crippen molar-refractivity contribution in [2.75, 3.05) is 5.32 Å². The number of rotatable bonds is 4. The lowest BCUT2D eigenvalue weighted by Gasteiger charge is -2.16. The maximum atomic E-state index is 11.1. The Balaban J connectivity index is 2.26. The van der Waals surface area contributed by atoms with Gasteiger partial charge in [0, 0.05) is 0 Å². The van der Waals surface area contributed by atoms with Crippen molar-refractivity contribution in [3.63, 3.8) is 0 Å². The van der Waals surface area contributed by atoms with Gasteiger partial charge in [0.25, 0.3) is 0 Å². The fourth-order valence-corrected chi connectivity index (χ4v) is 1.91. The summed E-state index contributed by atoms with van der Waals surface area (Å²) in [6.45, 7) is 1.84. The third-order valence-electron chi connectivity index (χ3n) is 3.06. The van der Waals surface area contributed by atoms with E-state index in [0.29, 0.717) is 11.3 Å². The van der Waals surface area contributed by atoms with Crippen molar-refractivity contribution in [2.45, 2.75) is 25.8 Å². The van der Waals surface area contributed by atoms with Crippen LogP contribution < -0.4 is 5.32 Å². The zero-order chi connectivity index (χ0) is 12.4. The molecule has 0 saturated heterocycles. The molecule has 0 radical (unpaired) electrons. The molecule has 1 saturated carbocycles. The van der Waals surface area contributed by atoms with Crippen molar-refractivity contribution in [3.8, 4) is 6.07 Å². The predicted octanol–water partition coefficient (Wildman–Crippen LogP) is 2.14. The summed E-state index contributed by atoms with van der Waals surface area (Å²) in [6, 6.07) is 6.95. The van der Waals surface area contributed by atoms with Gasteiger partial charge in [-0.05, 0) is 37.3 Å². The largest absolute Gasteiger partial charge is 0.480 e. The molecule has 0 aromatic heterocycles. The van der Waals surface area contributed by atoms with E-state index in [1.807, 2.05) is 19.1 Å². The second-order valence-electron chi connectivity index (χ2n) is 4.41. The van der Waals surface area contributed by atoms with Crippen molar-refractivity contribution >= 4 is 11.7 Å². The topological polar surface area (TPSA) is 73.1 Å². The average Bonchev–Trinajstić information content (AvgIpc) is 3.09. The van der Waals surface area contributed by atoms with Gasteiger partial charge in [0.2, 0.25) is 0 Å². The first-order valence-corrected chi connectivity index (χ1v) is 5.62. The van der Waals surface area contributed by atoms with Gasteiger partial charge in [0.05, 0.1) is 11.3 Å². The van der Waals surface area contributed by atoms with Crippen molar-refractivity contribution in [3.05, 3.63) is 29.3 Å². The van der Waals surface area contributed by atoms with E-state index in [1.54, 1.807) is 6.07 Å². The molecule has 1 aliphatic carbocycles. The summed E-state index contributed by atoms with van der Waals surface area (Å²) >= 11 is 0. The van der Waals surface area contributed by atoms with Crippen LogP contribution in [0.2, 0.25) is 0 Å². The maximum Gasteiger partial charge on any atom is 0.326 e. The number of carbonyl (C=O) groups is 1. The molecule has 0 spiro atoms. The Labute approximate surface area is 99.9 Å². The molecule has 17 heavy (non-hydrogen) atoms. The normalized spacial score (nSPS) is 16.0. The molecule has 88 valence electrons. The summed E-state index contributed by atoms with van der Waals surface area (Å²) in [7, 11) is 0. The van der Waals surface area contributed by atoms with E-state index >= 15 is 0 Å². The van der Waals surface area contributed by atoms with Crippen molar-refractivity contribution in [2.24, 2.45) is 5.92 Å². The molecule has 0 amide bonds. The second kappa shape index (κ2) is 4.46. The number of nitrogens with zero attached hydrogens (tertiary/aromatic N) is 1. The highest BCUT2D eigenvalue weighted by atomic mass is 16.4. The first-order chi connectivity index (χ1) is 8.13. The minimum atomic E-state index is -0.849. The van der Waals surface area contributed by atoms with Crippen LogP contribution in [0.25, 0.3) is 0 Å². The van der Waals surface area contributed by atoms with Gasteiger partial charge in [-0.3, -0.25) is 0 Å². The van der Waals surface area contributed by atoms with Crippen molar-refractivity contribution < 1.29 is 9.90 Å². The second-order valence-corrected chi connectivity index (χ2v) is 4.41. The van der Waals surface area contributed by atoms with E-state index in [1.165, 1.54) is 0 Å². The number of carboxylic acids is 1. The van der Waals surface area contributed by atoms with Crippen LogP contribution >= 0.6 is 0 Å². The lowest BCUT2D eigenvalue weighted by atomic mass is 10.1. The predicted molar refractivity (Wildman–Crippen MR) is 63.7 cm³/mol. The standard InChI is InChI=1S/C13H14N2O2/c1-8-3-2-4-11(10(8)7-14)15-12(13(16)17)9-5-6-9/h2-4,9,12,15H,5-6H2,1H3,(H,16,17). The Hall–Kier alpha value is -2.02. The average molecular weight is 230 g/mol. The quantitative estimate of drug-likeness (QED) is 0.831. The number of nitrogens with one attached hydrogen (secondary N) is 1. The smallest absolute Gasteiger partial charge is 0.326 e. The van der Waals surface area contributed by atoms with Crippen LogP contribution in [0.5, 0.6) is 0 Å². The summed E-state index contributed by atoms with van der Waals surface area (Å²) in [5.74, 6) is -0.655. The lowest BCUT2D eigenvalue weighted by Crippen LogP contribution is -2.31. The fraction of sp³-hybridized carbons (Fsp3) is 0.385. The van der Waals surface area contributed by atoms with Crippen molar-refractivity contribution in [1.29, 1.82) is 5.26 Å². The molecule has 4 nitrogen and oxygen atoms in total. The van der Waals surface area contributed by atoms with Gasteiger partial charge in [-0.15, -0.1) is 0 Å². The van der Waals surface area contributed by atoms with E-state index in [2.05, 4.69) is 11.4 Å². The van der Waals surface area contributed by atoms with Crippen LogP contribution in [0.4, 0.5) is 5.69 Å². The summed E-state index contributed by atoms with van der Waals surface area (Å²) in [4.78, 5) is 11.1. The molecule has 0 bridgehead atoms. The Bertz CT molecular complexity index is 487. The molecule has 1 aromatic rings. The van der Waals surface area contributed by atoms with Gasteiger partial charge in [-0.1, -0.05) is 12.1 Å². The van der Waals surface area contributed by atoms with Crippen LogP contribution in [0.3, 0.4) is 0 Å². The van der Waals surface area contributed by atoms with E-state index in [-0.39, 0.29) is 5.92 Å². The molecule has 2 rings (SSSR count). The minimum absolute atomic E-state index is 0.194. The van der Waals surface area contributed by atoms with Gasteiger partial charge in [-0.2, -0.15) is 5.26 Å². The summed E-state index contributed by atoms with van der Waals surface area (Å²) < 4.78 is 0. The third kappa shape index (κ3) is 2.39. The van der Waals surface area contributed by atoms with E-state index in [9.17, 15) is 4.79 Å². The number of hydrogen-bond acceptors (Lipinski definition) is 3. The summed E-state index contributed by atoms with van der Waals surface area (Å²) in [5, 5.41) is 21.2. The number of aliphatic carboxylic acids is 1. The van der Waals surface area contributed by atoms with Crippen LogP contribution in [0.15, 0.2) is 18.2 Å². The Kier molecular flexibility index (Phi) is 3.01. The maximum absolute atomic E-state index is 11.1. The van der Waals surface area contributed by atoms with Gasteiger partial charge in [0.1, 0.15) is 12.1 Å². The van der Waals surface area contributed by atoms with Crippen molar-refractivity contribution in [1.82, 2.24) is 0 Å². The number of benzene rings is 1. The number of aryl methyl sites for hydroxylation is 1. The SMILES string of the molecule is Cc1cccc(NC(C(=O)O)C2CC2)c1C#N. The molecule has 4 heteroatoms. The highest BCUT2D eigenvalue weighted by Gasteiger charge is 2.36. The number of carboxylic acid groups (broad SMARTS) is 1. The highest BCUT2D eigenvalue weighted by molar-refractivity contribution is 5.79. The monoisotopic (exact) mass is 230 g/mol. The zero-order valence-electron chi connectivity index (χ0n) is 9.60. The van der Waals surface area contributed by atoms with Crippen LogP contribution in [-0.4, -0.2) is 17.1 Å². The highest BCUT2D eigenvalue weighted by Crippen LogP contribution is 2.35. The molecule has 0 heterocycles. The zero-order valence-corrected chi connectivity index (χ0v) is 9.60. The van der Waals surface area contributed by atoms with Crippen LogP contribution in [0.1, 0.15) is 24.0 Å².